The average molecular weight is 1410 g/mol. The lowest BCUT2D eigenvalue weighted by Gasteiger charge is -2.17. The highest BCUT2D eigenvalue weighted by Gasteiger charge is 2.27. The number of nitrogens with zero attached hydrogens (tertiary/aromatic N) is 4. The van der Waals surface area contributed by atoms with E-state index in [0.29, 0.717) is 99.4 Å². The SMILES string of the molecule is CCc1ccc(OCc2ccccc2)c2c(-c3cc(=O)[nH][nH]3)cc(-c3oc4ccccc4c3C)nc12.CCc1ccc(OCc2ccccc2)c2c(C(=O)O)cc(-c3c(C)c4ccccc4n3C)nc12.CCc1ccc(OCc2ccccc2)c2c(CP(=O)(O)O)cc(-c3oc4ccccc4c3C)nc12. The first kappa shape index (κ1) is 69.9. The van der Waals surface area contributed by atoms with E-state index in [2.05, 4.69) is 59.8 Å². The summed E-state index contributed by atoms with van der Waals surface area (Å²) in [5.41, 5.74) is 18.8. The van der Waals surface area contributed by atoms with Crippen LogP contribution < -0.4 is 19.8 Å². The molecule has 16 aromatic rings. The first-order chi connectivity index (χ1) is 50.9. The Balaban J connectivity index is 0.000000133. The summed E-state index contributed by atoms with van der Waals surface area (Å²) in [6, 6.07) is 72.2. The van der Waals surface area contributed by atoms with Gasteiger partial charge in [-0.15, -0.1) is 0 Å². The van der Waals surface area contributed by atoms with Gasteiger partial charge in [0.1, 0.15) is 59.6 Å². The first-order valence-corrected chi connectivity index (χ1v) is 36.7. The molecular formula is C87H77N6O11P. The van der Waals surface area contributed by atoms with Crippen molar-refractivity contribution in [3.05, 3.63) is 296 Å². The van der Waals surface area contributed by atoms with Gasteiger partial charge in [-0.25, -0.2) is 19.7 Å². The Hall–Kier alpha value is -12.1. The molecule has 0 aliphatic carbocycles. The van der Waals surface area contributed by atoms with Crippen LogP contribution in [0.2, 0.25) is 0 Å². The maximum absolute atomic E-state index is 12.5. The van der Waals surface area contributed by atoms with Gasteiger partial charge in [-0.05, 0) is 139 Å². The smallest absolute Gasteiger partial charge is 0.336 e. The summed E-state index contributed by atoms with van der Waals surface area (Å²) in [5.74, 6) is 2.10. The van der Waals surface area contributed by atoms with Crippen molar-refractivity contribution in [2.24, 2.45) is 7.05 Å². The fourth-order valence-electron chi connectivity index (χ4n) is 13.9. The number of aromatic carboxylic acids is 1. The molecule has 0 saturated carbocycles. The van der Waals surface area contributed by atoms with Crippen LogP contribution in [0.4, 0.5) is 0 Å². The number of hydrogen-bond acceptors (Lipinski definition) is 11. The Kier molecular flexibility index (Phi) is 20.0. The number of carboxylic acids is 1. The van der Waals surface area contributed by atoms with Crippen LogP contribution in [0, 0.1) is 20.8 Å². The van der Waals surface area contributed by atoms with Crippen LogP contribution in [0.15, 0.2) is 238 Å². The highest BCUT2D eigenvalue weighted by molar-refractivity contribution is 7.50. The van der Waals surface area contributed by atoms with Gasteiger partial charge in [0.25, 0.3) is 5.56 Å². The predicted octanol–water partition coefficient (Wildman–Crippen LogP) is 20.1. The number of rotatable bonds is 19. The average Bonchev–Trinajstić information content (AvgIpc) is 1.73. The Bertz CT molecular complexity index is 5990. The molecule has 105 heavy (non-hydrogen) atoms. The highest BCUT2D eigenvalue weighted by Crippen LogP contribution is 2.47. The van der Waals surface area contributed by atoms with Crippen molar-refractivity contribution in [2.45, 2.75) is 86.8 Å². The van der Waals surface area contributed by atoms with E-state index in [4.69, 9.17) is 38.0 Å². The number of fused-ring (bicyclic) bond motifs is 6. The molecule has 0 saturated heterocycles. The third-order valence-electron chi connectivity index (χ3n) is 19.2. The van der Waals surface area contributed by atoms with Gasteiger partial charge < -0.3 is 42.5 Å². The van der Waals surface area contributed by atoms with Crippen LogP contribution in [-0.4, -0.2) is 50.6 Å². The van der Waals surface area contributed by atoms with Gasteiger partial charge in [0.2, 0.25) is 0 Å². The molecule has 0 unspecified atom stereocenters. The molecule has 526 valence electrons. The number of furan rings is 2. The Labute approximate surface area is 605 Å². The van der Waals surface area contributed by atoms with Crippen molar-refractivity contribution in [3.8, 4) is 62.8 Å². The van der Waals surface area contributed by atoms with Crippen LogP contribution in [0.25, 0.3) is 111 Å². The molecular weight excluding hydrogens is 1340 g/mol. The normalized spacial score (nSPS) is 11.5. The van der Waals surface area contributed by atoms with Gasteiger partial charge in [-0.1, -0.05) is 185 Å². The van der Waals surface area contributed by atoms with Crippen LogP contribution in [0.3, 0.4) is 0 Å². The first-order valence-electron chi connectivity index (χ1n) is 34.9. The number of pyridine rings is 3. The molecule has 16 rings (SSSR count). The second kappa shape index (κ2) is 30.0. The molecule has 0 atom stereocenters. The van der Waals surface area contributed by atoms with Gasteiger partial charge in [-0.3, -0.25) is 19.6 Å². The monoisotopic (exact) mass is 1410 g/mol. The lowest BCUT2D eigenvalue weighted by Crippen LogP contribution is -2.06. The lowest BCUT2D eigenvalue weighted by atomic mass is 9.98. The van der Waals surface area contributed by atoms with Gasteiger partial charge in [0.15, 0.2) is 11.5 Å². The van der Waals surface area contributed by atoms with E-state index in [0.717, 1.165) is 124 Å². The van der Waals surface area contributed by atoms with E-state index in [1.54, 1.807) is 18.2 Å². The maximum atomic E-state index is 12.5. The minimum Gasteiger partial charge on any atom is -0.488 e. The van der Waals surface area contributed by atoms with Crippen molar-refractivity contribution < 1.29 is 47.3 Å². The molecule has 0 aliphatic heterocycles. The fourth-order valence-corrected chi connectivity index (χ4v) is 14.6. The van der Waals surface area contributed by atoms with Crippen molar-refractivity contribution in [3.63, 3.8) is 0 Å². The number of para-hydroxylation sites is 3. The van der Waals surface area contributed by atoms with Crippen molar-refractivity contribution in [2.75, 3.05) is 0 Å². The number of carbonyl (C=O) groups is 1. The third-order valence-corrected chi connectivity index (χ3v) is 20.0. The number of ether oxygens (including phenoxy) is 3. The number of nitrogens with one attached hydrogen (secondary N) is 2. The minimum absolute atomic E-state index is 0.197. The van der Waals surface area contributed by atoms with Crippen LogP contribution >= 0.6 is 7.60 Å². The molecule has 9 aromatic carbocycles. The fraction of sp³-hybridized carbons (Fsp3) is 0.161. The second-order valence-electron chi connectivity index (χ2n) is 26.0. The molecule has 7 aromatic heterocycles. The molecule has 0 bridgehead atoms. The molecule has 17 nitrogen and oxygen atoms in total. The molecule has 7 heterocycles. The van der Waals surface area contributed by atoms with Crippen LogP contribution in [-0.2, 0) is 56.9 Å². The summed E-state index contributed by atoms with van der Waals surface area (Å²) in [6.07, 6.45) is 1.82. The lowest BCUT2D eigenvalue weighted by molar-refractivity contribution is 0.0698. The topological polar surface area (TPSA) is 241 Å². The molecule has 5 N–H and O–H groups in total. The minimum atomic E-state index is -4.38. The highest BCUT2D eigenvalue weighted by atomic mass is 31.2. The Morgan fingerprint density at radius 1 is 0.476 bits per heavy atom. The van der Waals surface area contributed by atoms with Gasteiger partial charge in [0.05, 0.1) is 56.1 Å². The number of H-pyrrole nitrogens is 2. The van der Waals surface area contributed by atoms with Crippen molar-refractivity contribution >= 4 is 79.1 Å². The largest absolute Gasteiger partial charge is 0.488 e. The third kappa shape index (κ3) is 14.4. The summed E-state index contributed by atoms with van der Waals surface area (Å²) in [4.78, 5) is 59.5. The Morgan fingerprint density at radius 3 is 1.36 bits per heavy atom. The van der Waals surface area contributed by atoms with E-state index in [1.165, 1.54) is 0 Å². The van der Waals surface area contributed by atoms with Crippen molar-refractivity contribution in [1.82, 2.24) is 29.7 Å². The van der Waals surface area contributed by atoms with E-state index in [9.17, 15) is 29.0 Å². The molecule has 0 amide bonds. The number of aryl methyl sites for hydroxylation is 7. The Morgan fingerprint density at radius 2 is 0.905 bits per heavy atom. The summed E-state index contributed by atoms with van der Waals surface area (Å²) in [6.45, 7) is 13.4. The van der Waals surface area contributed by atoms with E-state index >= 15 is 0 Å². The van der Waals surface area contributed by atoms with E-state index in [1.807, 2.05) is 210 Å². The number of aromatic amines is 2. The maximum Gasteiger partial charge on any atom is 0.336 e. The predicted molar refractivity (Wildman–Crippen MR) is 415 cm³/mol. The number of benzene rings is 9. The summed E-state index contributed by atoms with van der Waals surface area (Å²) >= 11 is 0. The summed E-state index contributed by atoms with van der Waals surface area (Å²) in [7, 11) is -2.38. The molecule has 0 fully saturated rings. The molecule has 0 radical (unpaired) electrons. The quantitative estimate of drug-likeness (QED) is 0.0473. The standard InChI is InChI=1S/C30H25N3O3.C29H26N2O3.C28H26NO5P/c1-3-20-13-14-26(35-17-19-9-5-4-6-10-19)28-22(23-16-27(34)33-32-23)15-24(31-29(20)28)30-18(2)21-11-7-8-12-25(21)36-30;1-4-20-14-15-25(34-17-19-10-6-5-7-11-19)26-22(29(32)33)16-23(30-27(20)26)28-18(2)21-12-8-9-13-24(21)31(28)3;1-3-20-13-14-25(33-16-19-9-5-4-6-10-19)26-21(17-35(30,31)32)15-23(29-27(20)26)28-18(2)22-11-7-8-12-24(22)34-28/h4-16H,3,17H2,1-2H3,(H2,32,33,34);5-16H,4,17H2,1-3H3,(H,32,33);4-15H,3,16-17H2,1-2H3,(H2,30,31,32). The zero-order valence-electron chi connectivity index (χ0n) is 59.2. The summed E-state index contributed by atoms with van der Waals surface area (Å²) < 4.78 is 45.3. The number of hydrogen-bond donors (Lipinski definition) is 5. The molecule has 18 heteroatoms. The summed E-state index contributed by atoms with van der Waals surface area (Å²) in [5, 5.41) is 21.1. The van der Waals surface area contributed by atoms with Gasteiger partial charge >= 0.3 is 13.6 Å². The second-order valence-corrected chi connectivity index (χ2v) is 27.6. The van der Waals surface area contributed by atoms with Crippen molar-refractivity contribution in [1.29, 1.82) is 0 Å². The molecule has 0 aliphatic rings. The van der Waals surface area contributed by atoms with Gasteiger partial charge in [-0.2, -0.15) is 0 Å². The zero-order chi connectivity index (χ0) is 73.0. The van der Waals surface area contributed by atoms with E-state index in [-0.39, 0.29) is 11.1 Å². The number of carboxylic acid groups (broad SMARTS) is 1. The molecule has 0 spiro atoms. The van der Waals surface area contributed by atoms with Gasteiger partial charge in [0, 0.05) is 56.9 Å². The van der Waals surface area contributed by atoms with Crippen LogP contribution in [0.5, 0.6) is 17.2 Å². The zero-order valence-corrected chi connectivity index (χ0v) is 60.0. The number of aromatic nitrogens is 6. The van der Waals surface area contributed by atoms with E-state index < -0.39 is 19.7 Å². The van der Waals surface area contributed by atoms with Crippen LogP contribution in [0.1, 0.15) is 86.8 Å².